The lowest BCUT2D eigenvalue weighted by molar-refractivity contribution is -0.167. The molecule has 6 heteroatoms. The summed E-state index contributed by atoms with van der Waals surface area (Å²) >= 11 is 0. The van der Waals surface area contributed by atoms with Gasteiger partial charge in [0.15, 0.2) is 6.10 Å². The molecule has 0 aliphatic carbocycles. The molecule has 302 valence electrons. The highest BCUT2D eigenvalue weighted by Crippen LogP contribution is 2.16. The number of esters is 3. The average Bonchev–Trinajstić information content (AvgIpc) is 3.09. The molecule has 0 saturated carbocycles. The van der Waals surface area contributed by atoms with E-state index >= 15 is 0 Å². The van der Waals surface area contributed by atoms with Gasteiger partial charge >= 0.3 is 17.9 Å². The Morgan fingerprint density at radius 2 is 0.647 bits per heavy atom. The number of carbonyl (C=O) groups is 3. The maximum atomic E-state index is 12.7. The number of hydrogen-bond donors (Lipinski definition) is 0. The van der Waals surface area contributed by atoms with E-state index in [0.717, 1.165) is 69.6 Å². The van der Waals surface area contributed by atoms with Gasteiger partial charge in [0.2, 0.25) is 0 Å². The van der Waals surface area contributed by atoms with E-state index in [4.69, 9.17) is 14.2 Å². The number of rotatable bonds is 39. The van der Waals surface area contributed by atoms with Gasteiger partial charge in [0.05, 0.1) is 0 Å². The standard InChI is InChI=1S/C45H86O6/c1-6-7-8-9-10-11-16-19-25-30-35-43(46)49-38-42(39-50-44(47)36-31-26-22-21-24-29-34-41(4)5)51-45(48)37-32-27-20-17-14-12-13-15-18-23-28-33-40(2)3/h40-42H,6-39H2,1-5H3/t42-/m1/s1. The van der Waals surface area contributed by atoms with Crippen LogP contribution in [0.5, 0.6) is 0 Å². The summed E-state index contributed by atoms with van der Waals surface area (Å²) in [6.45, 7) is 11.2. The van der Waals surface area contributed by atoms with Gasteiger partial charge in [-0.15, -0.1) is 0 Å². The fraction of sp³-hybridized carbons (Fsp3) is 0.933. The number of hydrogen-bond acceptors (Lipinski definition) is 6. The first kappa shape index (κ1) is 49.4. The van der Waals surface area contributed by atoms with Gasteiger partial charge in [-0.1, -0.05) is 202 Å². The maximum absolute atomic E-state index is 12.7. The van der Waals surface area contributed by atoms with E-state index in [1.165, 1.54) is 128 Å². The Labute approximate surface area is 317 Å². The summed E-state index contributed by atoms with van der Waals surface area (Å²) in [4.78, 5) is 37.6. The highest BCUT2D eigenvalue weighted by molar-refractivity contribution is 5.71. The van der Waals surface area contributed by atoms with E-state index in [2.05, 4.69) is 34.6 Å². The lowest BCUT2D eigenvalue weighted by Crippen LogP contribution is -2.30. The van der Waals surface area contributed by atoms with E-state index in [1.807, 2.05) is 0 Å². The molecule has 0 heterocycles. The van der Waals surface area contributed by atoms with Crippen LogP contribution < -0.4 is 0 Å². The van der Waals surface area contributed by atoms with Gasteiger partial charge in [-0.3, -0.25) is 14.4 Å². The van der Waals surface area contributed by atoms with Crippen molar-refractivity contribution in [1.82, 2.24) is 0 Å². The number of carbonyl (C=O) groups excluding carboxylic acids is 3. The van der Waals surface area contributed by atoms with Crippen LogP contribution in [0.15, 0.2) is 0 Å². The molecule has 0 fully saturated rings. The van der Waals surface area contributed by atoms with E-state index < -0.39 is 6.10 Å². The molecule has 51 heavy (non-hydrogen) atoms. The van der Waals surface area contributed by atoms with E-state index in [0.29, 0.717) is 19.3 Å². The van der Waals surface area contributed by atoms with E-state index in [9.17, 15) is 14.4 Å². The van der Waals surface area contributed by atoms with Crippen molar-refractivity contribution in [2.75, 3.05) is 13.2 Å². The molecule has 0 bridgehead atoms. The Morgan fingerprint density at radius 3 is 0.961 bits per heavy atom. The van der Waals surface area contributed by atoms with E-state index in [-0.39, 0.29) is 31.1 Å². The predicted octanol–water partition coefficient (Wildman–Crippen LogP) is 13.8. The smallest absolute Gasteiger partial charge is 0.306 e. The van der Waals surface area contributed by atoms with Gasteiger partial charge in [-0.25, -0.2) is 0 Å². The van der Waals surface area contributed by atoms with Crippen molar-refractivity contribution in [2.45, 2.75) is 246 Å². The van der Waals surface area contributed by atoms with Crippen molar-refractivity contribution in [2.24, 2.45) is 11.8 Å². The Bertz CT molecular complexity index is 779. The van der Waals surface area contributed by atoms with Gasteiger partial charge in [-0.05, 0) is 31.1 Å². The third kappa shape index (κ3) is 39.5. The predicted molar refractivity (Wildman–Crippen MR) is 215 cm³/mol. The van der Waals surface area contributed by atoms with Crippen LogP contribution in [0.4, 0.5) is 0 Å². The number of unbranched alkanes of at least 4 members (excludes halogenated alkanes) is 24. The summed E-state index contributed by atoms with van der Waals surface area (Å²) in [5.74, 6) is 0.724. The largest absolute Gasteiger partial charge is 0.462 e. The van der Waals surface area contributed by atoms with Crippen molar-refractivity contribution < 1.29 is 28.6 Å². The molecule has 0 aromatic carbocycles. The maximum Gasteiger partial charge on any atom is 0.306 e. The fourth-order valence-corrected chi connectivity index (χ4v) is 6.58. The molecule has 0 aromatic rings. The summed E-state index contributed by atoms with van der Waals surface area (Å²) in [5.41, 5.74) is 0. The summed E-state index contributed by atoms with van der Waals surface area (Å²) in [5, 5.41) is 0. The minimum atomic E-state index is -0.760. The zero-order valence-electron chi connectivity index (χ0n) is 34.7. The van der Waals surface area contributed by atoms with Crippen LogP contribution in [0.3, 0.4) is 0 Å². The Kier molecular flexibility index (Phi) is 37.0. The SMILES string of the molecule is CCCCCCCCCCCCC(=O)OC[C@H](COC(=O)CCCCCCCCC(C)C)OC(=O)CCCCCCCCCCCCCC(C)C. The molecule has 6 nitrogen and oxygen atoms in total. The lowest BCUT2D eigenvalue weighted by atomic mass is 10.0. The highest BCUT2D eigenvalue weighted by atomic mass is 16.6. The van der Waals surface area contributed by atoms with Crippen molar-refractivity contribution in [3.63, 3.8) is 0 Å². The Hall–Kier alpha value is -1.59. The molecule has 0 saturated heterocycles. The highest BCUT2D eigenvalue weighted by Gasteiger charge is 2.19. The van der Waals surface area contributed by atoms with Crippen molar-refractivity contribution in [3.05, 3.63) is 0 Å². The molecule has 0 amide bonds. The number of ether oxygens (including phenoxy) is 3. The molecule has 0 aromatic heterocycles. The first-order chi connectivity index (χ1) is 24.7. The van der Waals surface area contributed by atoms with Gasteiger partial charge < -0.3 is 14.2 Å². The molecular formula is C45H86O6. The third-order valence-electron chi connectivity index (χ3n) is 9.97. The first-order valence-electron chi connectivity index (χ1n) is 22.2. The van der Waals surface area contributed by atoms with Crippen LogP contribution >= 0.6 is 0 Å². The topological polar surface area (TPSA) is 78.9 Å². The molecule has 0 N–H and O–H groups in total. The van der Waals surface area contributed by atoms with Crippen molar-refractivity contribution in [1.29, 1.82) is 0 Å². The second kappa shape index (κ2) is 38.1. The van der Waals surface area contributed by atoms with Gasteiger partial charge in [0.25, 0.3) is 0 Å². The minimum absolute atomic E-state index is 0.0658. The molecule has 0 aliphatic rings. The molecule has 0 spiro atoms. The second-order valence-corrected chi connectivity index (χ2v) is 16.3. The monoisotopic (exact) mass is 723 g/mol. The molecule has 0 radical (unpaired) electrons. The molecule has 0 unspecified atom stereocenters. The molecule has 0 rings (SSSR count). The van der Waals surface area contributed by atoms with Crippen LogP contribution in [-0.2, 0) is 28.6 Å². The quantitative estimate of drug-likeness (QED) is 0.0357. The molecule has 1 atom stereocenters. The summed E-state index contributed by atoms with van der Waals surface area (Å²) in [6.07, 6.45) is 35.3. The van der Waals surface area contributed by atoms with Crippen LogP contribution in [0.2, 0.25) is 0 Å². The summed E-state index contributed by atoms with van der Waals surface area (Å²) in [7, 11) is 0. The lowest BCUT2D eigenvalue weighted by Gasteiger charge is -2.18. The minimum Gasteiger partial charge on any atom is -0.462 e. The zero-order chi connectivity index (χ0) is 37.6. The zero-order valence-corrected chi connectivity index (χ0v) is 34.7. The van der Waals surface area contributed by atoms with Gasteiger partial charge in [0.1, 0.15) is 13.2 Å². The van der Waals surface area contributed by atoms with Crippen molar-refractivity contribution >= 4 is 17.9 Å². The average molecular weight is 723 g/mol. The fourth-order valence-electron chi connectivity index (χ4n) is 6.58. The molecular weight excluding hydrogens is 636 g/mol. The Morgan fingerprint density at radius 1 is 0.373 bits per heavy atom. The summed E-state index contributed by atoms with van der Waals surface area (Å²) in [6, 6.07) is 0. The third-order valence-corrected chi connectivity index (χ3v) is 9.97. The van der Waals surface area contributed by atoms with E-state index in [1.54, 1.807) is 0 Å². The van der Waals surface area contributed by atoms with Crippen LogP contribution in [0.1, 0.15) is 240 Å². The Balaban J connectivity index is 4.32. The van der Waals surface area contributed by atoms with Crippen LogP contribution in [0.25, 0.3) is 0 Å². The second-order valence-electron chi connectivity index (χ2n) is 16.3. The van der Waals surface area contributed by atoms with Gasteiger partial charge in [-0.2, -0.15) is 0 Å². The van der Waals surface area contributed by atoms with Crippen LogP contribution in [0, 0.1) is 11.8 Å². The van der Waals surface area contributed by atoms with Gasteiger partial charge in [0, 0.05) is 19.3 Å². The van der Waals surface area contributed by atoms with Crippen LogP contribution in [-0.4, -0.2) is 37.2 Å². The molecule has 0 aliphatic heterocycles. The summed E-state index contributed by atoms with van der Waals surface area (Å²) < 4.78 is 16.7. The first-order valence-corrected chi connectivity index (χ1v) is 22.2. The van der Waals surface area contributed by atoms with Crippen molar-refractivity contribution in [3.8, 4) is 0 Å². The normalized spacial score (nSPS) is 12.1.